The van der Waals surface area contributed by atoms with Gasteiger partial charge >= 0.3 is 6.18 Å². The molecule has 2 N–H and O–H groups in total. The number of carbonyl (C=O) groups excluding carboxylic acids is 1. The van der Waals surface area contributed by atoms with Crippen molar-refractivity contribution in [2.24, 2.45) is 0 Å². The van der Waals surface area contributed by atoms with Gasteiger partial charge < -0.3 is 10.6 Å². The van der Waals surface area contributed by atoms with Crippen LogP contribution in [0.3, 0.4) is 0 Å². The van der Waals surface area contributed by atoms with E-state index in [0.29, 0.717) is 12.6 Å². The van der Waals surface area contributed by atoms with Gasteiger partial charge in [-0.3, -0.25) is 9.63 Å². The van der Waals surface area contributed by atoms with E-state index in [4.69, 9.17) is 4.84 Å². The fourth-order valence-electron chi connectivity index (χ4n) is 1.57. The zero-order chi connectivity index (χ0) is 15.9. The van der Waals surface area contributed by atoms with Crippen LogP contribution in [0.1, 0.15) is 5.69 Å². The fourth-order valence-corrected chi connectivity index (χ4v) is 1.57. The summed E-state index contributed by atoms with van der Waals surface area (Å²) in [5, 5.41) is 5.40. The fraction of sp³-hybridized carbons (Fsp3) is 0.385. The van der Waals surface area contributed by atoms with Gasteiger partial charge in [0.15, 0.2) is 0 Å². The van der Waals surface area contributed by atoms with Crippen LogP contribution in [0, 0.1) is 6.92 Å². The standard InChI is InChI=1S/C13H16F3N3O2/c1-10-11(4-3-9-19(10)21-2)17-7-8-18-12(20)5-6-13(14,15)16/h3-6,9,17H,7-8H2,1-2H3/p+1/b6-5+. The maximum absolute atomic E-state index is 11.8. The van der Waals surface area contributed by atoms with Crippen molar-refractivity contribution in [3.05, 3.63) is 36.2 Å². The summed E-state index contributed by atoms with van der Waals surface area (Å²) in [6.07, 6.45) is -2.38. The van der Waals surface area contributed by atoms with Gasteiger partial charge in [0, 0.05) is 43.0 Å². The molecule has 0 aliphatic rings. The first-order valence-electron chi connectivity index (χ1n) is 6.17. The van der Waals surface area contributed by atoms with Gasteiger partial charge in [-0.05, 0) is 6.07 Å². The van der Waals surface area contributed by atoms with Crippen LogP contribution in [0.25, 0.3) is 0 Å². The highest BCUT2D eigenvalue weighted by Gasteiger charge is 2.22. The lowest BCUT2D eigenvalue weighted by Crippen LogP contribution is -2.43. The van der Waals surface area contributed by atoms with Gasteiger partial charge in [-0.15, -0.1) is 0 Å². The molecule has 0 radical (unpaired) electrons. The van der Waals surface area contributed by atoms with E-state index in [2.05, 4.69) is 10.6 Å². The summed E-state index contributed by atoms with van der Waals surface area (Å²) in [7, 11) is 1.53. The van der Waals surface area contributed by atoms with Gasteiger partial charge in [-0.1, -0.05) is 0 Å². The molecule has 1 rings (SSSR count). The van der Waals surface area contributed by atoms with E-state index >= 15 is 0 Å². The quantitative estimate of drug-likeness (QED) is 0.468. The number of rotatable bonds is 6. The van der Waals surface area contributed by atoms with Gasteiger partial charge in [-0.25, -0.2) is 0 Å². The number of carbonyl (C=O) groups is 1. The Morgan fingerprint density at radius 2 is 2.14 bits per heavy atom. The molecule has 0 bridgehead atoms. The molecule has 116 valence electrons. The molecule has 0 unspecified atom stereocenters. The minimum Gasteiger partial charge on any atom is -0.378 e. The zero-order valence-electron chi connectivity index (χ0n) is 11.7. The van der Waals surface area contributed by atoms with Crippen LogP contribution in [-0.2, 0) is 4.79 Å². The first-order valence-corrected chi connectivity index (χ1v) is 6.17. The smallest absolute Gasteiger partial charge is 0.378 e. The zero-order valence-corrected chi connectivity index (χ0v) is 11.7. The van der Waals surface area contributed by atoms with Crippen LogP contribution < -0.4 is 20.2 Å². The molecule has 0 aliphatic heterocycles. The van der Waals surface area contributed by atoms with E-state index in [1.54, 1.807) is 17.0 Å². The molecule has 0 saturated carbocycles. The van der Waals surface area contributed by atoms with E-state index in [1.807, 2.05) is 13.0 Å². The molecule has 1 aromatic rings. The number of allylic oxidation sites excluding steroid dienone is 1. The van der Waals surface area contributed by atoms with Crippen LogP contribution in [0.4, 0.5) is 18.9 Å². The van der Waals surface area contributed by atoms with Crippen LogP contribution in [0.15, 0.2) is 30.5 Å². The average molecular weight is 304 g/mol. The second-order valence-corrected chi connectivity index (χ2v) is 4.11. The van der Waals surface area contributed by atoms with E-state index in [-0.39, 0.29) is 12.6 Å². The summed E-state index contributed by atoms with van der Waals surface area (Å²) in [6.45, 7) is 2.42. The number of halogens is 3. The van der Waals surface area contributed by atoms with E-state index in [0.717, 1.165) is 11.4 Å². The molecule has 0 aromatic carbocycles. The Kier molecular flexibility index (Phi) is 6.01. The highest BCUT2D eigenvalue weighted by atomic mass is 19.4. The van der Waals surface area contributed by atoms with Gasteiger partial charge in [0.2, 0.25) is 12.1 Å². The lowest BCUT2D eigenvalue weighted by molar-refractivity contribution is -0.889. The van der Waals surface area contributed by atoms with Gasteiger partial charge in [0.1, 0.15) is 12.8 Å². The topological polar surface area (TPSA) is 54.2 Å². The van der Waals surface area contributed by atoms with E-state index in [9.17, 15) is 18.0 Å². The molecule has 8 heteroatoms. The van der Waals surface area contributed by atoms with Gasteiger partial charge in [0.25, 0.3) is 5.69 Å². The molecular formula is C13H17F3N3O2+. The third kappa shape index (κ3) is 6.15. The second-order valence-electron chi connectivity index (χ2n) is 4.11. The number of hydrogen-bond donors (Lipinski definition) is 2. The Bertz CT molecular complexity index is 516. The predicted molar refractivity (Wildman–Crippen MR) is 70.6 cm³/mol. The summed E-state index contributed by atoms with van der Waals surface area (Å²) in [4.78, 5) is 16.2. The number of pyridine rings is 1. The summed E-state index contributed by atoms with van der Waals surface area (Å²) < 4.78 is 37.1. The third-order valence-electron chi connectivity index (χ3n) is 2.56. The van der Waals surface area contributed by atoms with E-state index in [1.165, 1.54) is 7.11 Å². The molecular weight excluding hydrogens is 287 g/mol. The maximum Gasteiger partial charge on any atom is 0.409 e. The Morgan fingerprint density at radius 3 is 2.76 bits per heavy atom. The molecule has 0 saturated heterocycles. The molecule has 0 aliphatic carbocycles. The van der Waals surface area contributed by atoms with Crippen LogP contribution in [0.2, 0.25) is 0 Å². The Morgan fingerprint density at radius 1 is 1.43 bits per heavy atom. The summed E-state index contributed by atoms with van der Waals surface area (Å²) in [5.41, 5.74) is 1.64. The molecule has 1 heterocycles. The van der Waals surface area contributed by atoms with E-state index < -0.39 is 12.1 Å². The Balaban J connectivity index is 2.38. The number of hydrogen-bond acceptors (Lipinski definition) is 3. The number of anilines is 1. The number of alkyl halides is 3. The minimum atomic E-state index is -4.48. The maximum atomic E-state index is 11.8. The molecule has 5 nitrogen and oxygen atoms in total. The predicted octanol–water partition coefficient (Wildman–Crippen LogP) is 0.988. The summed E-state index contributed by atoms with van der Waals surface area (Å²) >= 11 is 0. The highest BCUT2D eigenvalue weighted by Crippen LogP contribution is 2.15. The largest absolute Gasteiger partial charge is 0.409 e. The monoisotopic (exact) mass is 304 g/mol. The van der Waals surface area contributed by atoms with Crippen LogP contribution >= 0.6 is 0 Å². The third-order valence-corrected chi connectivity index (χ3v) is 2.56. The van der Waals surface area contributed by atoms with Crippen LogP contribution in [0.5, 0.6) is 0 Å². The first kappa shape index (κ1) is 16.8. The van der Waals surface area contributed by atoms with Crippen molar-refractivity contribution in [3.63, 3.8) is 0 Å². The average Bonchev–Trinajstić information content (AvgIpc) is 2.42. The van der Waals surface area contributed by atoms with Gasteiger partial charge in [0.05, 0.1) is 0 Å². The van der Waals surface area contributed by atoms with Crippen molar-refractivity contribution in [2.45, 2.75) is 13.1 Å². The molecule has 0 atom stereocenters. The lowest BCUT2D eigenvalue weighted by Gasteiger charge is -2.07. The Hall–Kier alpha value is -2.25. The summed E-state index contributed by atoms with van der Waals surface area (Å²) in [6, 6.07) is 3.61. The number of nitrogens with zero attached hydrogens (tertiary/aromatic N) is 1. The summed E-state index contributed by atoms with van der Waals surface area (Å²) in [5.74, 6) is -0.786. The highest BCUT2D eigenvalue weighted by molar-refractivity contribution is 5.87. The lowest BCUT2D eigenvalue weighted by atomic mass is 10.3. The van der Waals surface area contributed by atoms with Crippen LogP contribution in [-0.4, -0.2) is 32.3 Å². The van der Waals surface area contributed by atoms with Crippen molar-refractivity contribution in [1.82, 2.24) is 5.32 Å². The van der Waals surface area contributed by atoms with Crippen molar-refractivity contribution in [3.8, 4) is 0 Å². The van der Waals surface area contributed by atoms with Gasteiger partial charge in [-0.2, -0.15) is 13.2 Å². The normalized spacial score (nSPS) is 11.5. The van der Waals surface area contributed by atoms with Crippen molar-refractivity contribution in [1.29, 1.82) is 0 Å². The molecule has 0 fully saturated rings. The van der Waals surface area contributed by atoms with Crippen molar-refractivity contribution in [2.75, 3.05) is 25.5 Å². The molecule has 21 heavy (non-hydrogen) atoms. The second kappa shape index (κ2) is 7.51. The number of amides is 1. The minimum absolute atomic E-state index is 0.0986. The molecule has 0 spiro atoms. The SMILES string of the molecule is CO[n+]1cccc(NCCNC(=O)/C=C/C(F)(F)F)c1C. The number of nitrogens with one attached hydrogen (secondary N) is 2. The molecule has 1 aromatic heterocycles. The molecule has 1 amide bonds. The number of aromatic nitrogens is 1. The van der Waals surface area contributed by atoms with Crippen molar-refractivity contribution < 1.29 is 27.5 Å². The Labute approximate surface area is 120 Å². The first-order chi connectivity index (χ1) is 9.83. The van der Waals surface area contributed by atoms with Crippen molar-refractivity contribution >= 4 is 11.6 Å².